The molecule has 1 amide bonds. The van der Waals surface area contributed by atoms with E-state index in [1.807, 2.05) is 30.5 Å². The second-order valence-electron chi connectivity index (χ2n) is 4.65. The minimum Gasteiger partial charge on any atom is -0.506 e. The van der Waals surface area contributed by atoms with Gasteiger partial charge in [-0.3, -0.25) is 4.79 Å². The highest BCUT2D eigenvalue weighted by Crippen LogP contribution is 2.23. The SMILES string of the molecule is O=C(NN=Cc1c[nH]c2ccccc12)c1ccc(O)c(Cl)c1. The van der Waals surface area contributed by atoms with Crippen LogP contribution in [0.3, 0.4) is 0 Å². The molecule has 0 aliphatic carbocycles. The lowest BCUT2D eigenvalue weighted by Gasteiger charge is -2.01. The first-order chi connectivity index (χ1) is 10.6. The smallest absolute Gasteiger partial charge is 0.271 e. The number of H-pyrrole nitrogens is 1. The summed E-state index contributed by atoms with van der Waals surface area (Å²) in [7, 11) is 0. The van der Waals surface area contributed by atoms with Gasteiger partial charge in [-0.2, -0.15) is 5.10 Å². The molecular formula is C16H12ClN3O2. The molecule has 22 heavy (non-hydrogen) atoms. The molecule has 0 fully saturated rings. The van der Waals surface area contributed by atoms with Crippen molar-refractivity contribution in [2.24, 2.45) is 5.10 Å². The fourth-order valence-electron chi connectivity index (χ4n) is 2.07. The van der Waals surface area contributed by atoms with Gasteiger partial charge in [0.2, 0.25) is 0 Å². The first kappa shape index (κ1) is 14.2. The van der Waals surface area contributed by atoms with Gasteiger partial charge >= 0.3 is 0 Å². The lowest BCUT2D eigenvalue weighted by atomic mass is 10.2. The Morgan fingerprint density at radius 1 is 1.27 bits per heavy atom. The summed E-state index contributed by atoms with van der Waals surface area (Å²) in [6.45, 7) is 0. The number of aromatic nitrogens is 1. The fraction of sp³-hybridized carbons (Fsp3) is 0. The zero-order valence-electron chi connectivity index (χ0n) is 11.4. The van der Waals surface area contributed by atoms with Crippen molar-refractivity contribution in [3.05, 3.63) is 64.8 Å². The monoisotopic (exact) mass is 313 g/mol. The number of phenolic OH excluding ortho intramolecular Hbond substituents is 1. The lowest BCUT2D eigenvalue weighted by Crippen LogP contribution is -2.17. The van der Waals surface area contributed by atoms with Crippen LogP contribution in [-0.4, -0.2) is 22.2 Å². The molecule has 2 aromatic carbocycles. The van der Waals surface area contributed by atoms with E-state index in [0.29, 0.717) is 5.56 Å². The highest BCUT2D eigenvalue weighted by molar-refractivity contribution is 6.32. The topological polar surface area (TPSA) is 77.5 Å². The summed E-state index contributed by atoms with van der Waals surface area (Å²) in [5, 5.41) is 14.4. The number of fused-ring (bicyclic) bond motifs is 1. The maximum Gasteiger partial charge on any atom is 0.271 e. The summed E-state index contributed by atoms with van der Waals surface area (Å²) in [5.41, 5.74) is 4.62. The Labute approximate surface area is 131 Å². The number of rotatable bonds is 3. The highest BCUT2D eigenvalue weighted by atomic mass is 35.5. The van der Waals surface area contributed by atoms with E-state index in [4.69, 9.17) is 11.6 Å². The predicted octanol–water partition coefficient (Wildman–Crippen LogP) is 3.29. The van der Waals surface area contributed by atoms with E-state index in [1.54, 1.807) is 6.21 Å². The molecule has 0 bridgehead atoms. The van der Waals surface area contributed by atoms with Crippen molar-refractivity contribution in [2.75, 3.05) is 0 Å². The number of aromatic hydroxyl groups is 1. The number of hydrogen-bond donors (Lipinski definition) is 3. The van der Waals surface area contributed by atoms with Gasteiger partial charge in [0.1, 0.15) is 5.75 Å². The van der Waals surface area contributed by atoms with Crippen LogP contribution in [0.1, 0.15) is 15.9 Å². The first-order valence-corrected chi connectivity index (χ1v) is 6.91. The van der Waals surface area contributed by atoms with Gasteiger partial charge in [-0.15, -0.1) is 0 Å². The largest absolute Gasteiger partial charge is 0.506 e. The van der Waals surface area contributed by atoms with Gasteiger partial charge in [-0.05, 0) is 24.3 Å². The molecule has 0 spiro atoms. The number of benzene rings is 2. The summed E-state index contributed by atoms with van der Waals surface area (Å²) >= 11 is 5.77. The Morgan fingerprint density at radius 3 is 2.91 bits per heavy atom. The van der Waals surface area contributed by atoms with Gasteiger partial charge in [-0.25, -0.2) is 5.43 Å². The maximum atomic E-state index is 11.9. The number of hydrogen-bond acceptors (Lipinski definition) is 3. The van der Waals surface area contributed by atoms with Crippen LogP contribution in [0, 0.1) is 0 Å². The van der Waals surface area contributed by atoms with E-state index < -0.39 is 5.91 Å². The number of nitrogens with zero attached hydrogens (tertiary/aromatic N) is 1. The second-order valence-corrected chi connectivity index (χ2v) is 5.06. The third-order valence-electron chi connectivity index (χ3n) is 3.20. The molecule has 6 heteroatoms. The van der Waals surface area contributed by atoms with E-state index in [0.717, 1.165) is 16.5 Å². The van der Waals surface area contributed by atoms with Crippen LogP contribution in [0.4, 0.5) is 0 Å². The Bertz CT molecular complexity index is 871. The number of nitrogens with one attached hydrogen (secondary N) is 2. The molecule has 1 heterocycles. The number of amides is 1. The van der Waals surface area contributed by atoms with E-state index in [9.17, 15) is 9.90 Å². The predicted molar refractivity (Wildman–Crippen MR) is 86.5 cm³/mol. The number of aromatic amines is 1. The van der Waals surface area contributed by atoms with Crippen molar-refractivity contribution >= 4 is 34.6 Å². The molecule has 3 rings (SSSR count). The average molecular weight is 314 g/mol. The number of halogens is 1. The molecule has 3 N–H and O–H groups in total. The third kappa shape index (κ3) is 2.80. The molecular weight excluding hydrogens is 302 g/mol. The summed E-state index contributed by atoms with van der Waals surface area (Å²) < 4.78 is 0. The van der Waals surface area contributed by atoms with Gasteiger partial charge in [0, 0.05) is 28.2 Å². The molecule has 3 aromatic rings. The summed E-state index contributed by atoms with van der Waals surface area (Å²) in [5.74, 6) is -0.474. The first-order valence-electron chi connectivity index (χ1n) is 6.53. The average Bonchev–Trinajstić information content (AvgIpc) is 2.93. The lowest BCUT2D eigenvalue weighted by molar-refractivity contribution is 0.0955. The van der Waals surface area contributed by atoms with Gasteiger partial charge < -0.3 is 10.1 Å². The number of hydrazone groups is 1. The normalized spacial score (nSPS) is 11.1. The highest BCUT2D eigenvalue weighted by Gasteiger charge is 2.07. The van der Waals surface area contributed by atoms with E-state index in [2.05, 4.69) is 15.5 Å². The molecule has 0 saturated heterocycles. The maximum absolute atomic E-state index is 11.9. The zero-order valence-corrected chi connectivity index (χ0v) is 12.1. The van der Waals surface area contributed by atoms with Crippen LogP contribution >= 0.6 is 11.6 Å². The summed E-state index contributed by atoms with van der Waals surface area (Å²) in [6, 6.07) is 12.0. The Morgan fingerprint density at radius 2 is 2.09 bits per heavy atom. The molecule has 0 aliphatic rings. The summed E-state index contributed by atoms with van der Waals surface area (Å²) in [6.07, 6.45) is 3.39. The van der Waals surface area contributed by atoms with Crippen LogP contribution in [0.25, 0.3) is 10.9 Å². The molecule has 5 nitrogen and oxygen atoms in total. The van der Waals surface area contributed by atoms with Crippen LogP contribution in [0.2, 0.25) is 5.02 Å². The third-order valence-corrected chi connectivity index (χ3v) is 3.50. The van der Waals surface area contributed by atoms with Crippen molar-refractivity contribution in [3.63, 3.8) is 0 Å². The molecule has 0 atom stereocenters. The van der Waals surface area contributed by atoms with Crippen molar-refractivity contribution in [1.29, 1.82) is 0 Å². The van der Waals surface area contributed by atoms with E-state index in [1.165, 1.54) is 18.2 Å². The number of para-hydroxylation sites is 1. The van der Waals surface area contributed by atoms with Crippen molar-refractivity contribution in [1.82, 2.24) is 10.4 Å². The van der Waals surface area contributed by atoms with Crippen LogP contribution < -0.4 is 5.43 Å². The molecule has 0 saturated carbocycles. The van der Waals surface area contributed by atoms with Crippen molar-refractivity contribution < 1.29 is 9.90 Å². The molecule has 110 valence electrons. The minimum atomic E-state index is -0.405. The Balaban J connectivity index is 1.74. The van der Waals surface area contributed by atoms with E-state index >= 15 is 0 Å². The standard InChI is InChI=1S/C16H12ClN3O2/c17-13-7-10(5-6-15(13)21)16(22)20-19-9-11-8-18-14-4-2-1-3-12(11)14/h1-9,18,21H,(H,20,22). The number of phenols is 1. The zero-order chi connectivity index (χ0) is 15.5. The minimum absolute atomic E-state index is 0.0690. The quantitative estimate of drug-likeness (QED) is 0.512. The van der Waals surface area contributed by atoms with Crippen molar-refractivity contribution in [3.8, 4) is 5.75 Å². The van der Waals surface area contributed by atoms with Crippen molar-refractivity contribution in [2.45, 2.75) is 0 Å². The van der Waals surface area contributed by atoms with Gasteiger partial charge in [-0.1, -0.05) is 29.8 Å². The Hall–Kier alpha value is -2.79. The van der Waals surface area contributed by atoms with E-state index in [-0.39, 0.29) is 10.8 Å². The molecule has 1 aromatic heterocycles. The van der Waals surface area contributed by atoms with Gasteiger partial charge in [0.05, 0.1) is 11.2 Å². The van der Waals surface area contributed by atoms with Gasteiger partial charge in [0.15, 0.2) is 0 Å². The van der Waals surface area contributed by atoms with Crippen LogP contribution in [0.15, 0.2) is 53.8 Å². The second kappa shape index (κ2) is 5.91. The molecule has 0 aliphatic heterocycles. The van der Waals surface area contributed by atoms with Gasteiger partial charge in [0.25, 0.3) is 5.91 Å². The summed E-state index contributed by atoms with van der Waals surface area (Å²) in [4.78, 5) is 15.0. The van der Waals surface area contributed by atoms with Crippen LogP contribution in [0.5, 0.6) is 5.75 Å². The van der Waals surface area contributed by atoms with Crippen LogP contribution in [-0.2, 0) is 0 Å². The molecule has 0 unspecified atom stereocenters. The fourth-order valence-corrected chi connectivity index (χ4v) is 2.25. The molecule has 0 radical (unpaired) electrons. The number of carbonyl (C=O) groups excluding carboxylic acids is 1. The Kier molecular flexibility index (Phi) is 3.80. The number of carbonyl (C=O) groups is 1.